The van der Waals surface area contributed by atoms with Crippen molar-refractivity contribution in [3.8, 4) is 0 Å². The summed E-state index contributed by atoms with van der Waals surface area (Å²) in [5, 5.41) is 0. The van der Waals surface area contributed by atoms with Crippen molar-refractivity contribution in [1.29, 1.82) is 0 Å². The summed E-state index contributed by atoms with van der Waals surface area (Å²) >= 11 is 0. The molecule has 0 fully saturated rings. The van der Waals surface area contributed by atoms with Crippen LogP contribution < -0.4 is 0 Å². The van der Waals surface area contributed by atoms with E-state index < -0.39 is 0 Å². The van der Waals surface area contributed by atoms with Crippen LogP contribution in [0, 0.1) is 5.41 Å². The zero-order valence-electron chi connectivity index (χ0n) is 7.96. The first-order valence-electron chi connectivity index (χ1n) is 4.65. The van der Waals surface area contributed by atoms with Crippen molar-refractivity contribution in [2.75, 3.05) is 0 Å². The maximum atomic E-state index is 4.08. The normalized spacial score (nSPS) is 27.5. The van der Waals surface area contributed by atoms with Crippen LogP contribution in [0.2, 0.25) is 0 Å². The number of hydrogen-bond donors (Lipinski definition) is 0. The van der Waals surface area contributed by atoms with E-state index in [9.17, 15) is 0 Å². The molecule has 0 saturated heterocycles. The second-order valence-electron chi connectivity index (χ2n) is 3.58. The van der Waals surface area contributed by atoms with Gasteiger partial charge in [-0.25, -0.2) is 0 Å². The summed E-state index contributed by atoms with van der Waals surface area (Å²) in [6.45, 7) is 4.48. The molecule has 1 aliphatic heterocycles. The summed E-state index contributed by atoms with van der Waals surface area (Å²) in [5.74, 6) is 0. The van der Waals surface area contributed by atoms with Crippen LogP contribution in [0.4, 0.5) is 0 Å². The SMILES string of the molecule is CCCCC1(C)C=CC=NC=C1. The maximum Gasteiger partial charge on any atom is 0.0264 e. The summed E-state index contributed by atoms with van der Waals surface area (Å²) in [4.78, 5) is 4.08. The third-order valence-corrected chi connectivity index (χ3v) is 2.26. The molecular weight excluding hydrogens is 146 g/mol. The molecule has 0 aromatic heterocycles. The molecule has 0 aliphatic carbocycles. The van der Waals surface area contributed by atoms with Gasteiger partial charge in [0.15, 0.2) is 0 Å². The van der Waals surface area contributed by atoms with Crippen molar-refractivity contribution < 1.29 is 0 Å². The Morgan fingerprint density at radius 3 is 2.92 bits per heavy atom. The van der Waals surface area contributed by atoms with Gasteiger partial charge in [-0.1, -0.05) is 38.8 Å². The fourth-order valence-corrected chi connectivity index (χ4v) is 1.36. The number of unbranched alkanes of at least 4 members (excludes halogenated alkanes) is 1. The van der Waals surface area contributed by atoms with Crippen LogP contribution in [0.1, 0.15) is 33.1 Å². The molecule has 1 unspecified atom stereocenters. The van der Waals surface area contributed by atoms with Crippen LogP contribution in [-0.2, 0) is 0 Å². The first-order valence-corrected chi connectivity index (χ1v) is 4.65. The molecule has 0 radical (unpaired) electrons. The number of aliphatic imine (C=N–C) groups is 1. The molecule has 0 N–H and O–H groups in total. The van der Waals surface area contributed by atoms with Gasteiger partial charge in [0.25, 0.3) is 0 Å². The predicted molar refractivity (Wildman–Crippen MR) is 54.4 cm³/mol. The number of rotatable bonds is 3. The van der Waals surface area contributed by atoms with Gasteiger partial charge in [0, 0.05) is 17.8 Å². The van der Waals surface area contributed by atoms with Crippen LogP contribution in [-0.4, -0.2) is 6.21 Å². The van der Waals surface area contributed by atoms with Gasteiger partial charge in [0.1, 0.15) is 0 Å². The van der Waals surface area contributed by atoms with Gasteiger partial charge < -0.3 is 0 Å². The molecule has 1 heterocycles. The molecule has 0 spiro atoms. The average molecular weight is 163 g/mol. The highest BCUT2D eigenvalue weighted by Gasteiger charge is 2.16. The monoisotopic (exact) mass is 163 g/mol. The van der Waals surface area contributed by atoms with Gasteiger partial charge in [0.2, 0.25) is 0 Å². The van der Waals surface area contributed by atoms with Crippen LogP contribution in [0.5, 0.6) is 0 Å². The first kappa shape index (κ1) is 9.24. The molecule has 1 aliphatic rings. The van der Waals surface area contributed by atoms with E-state index in [1.807, 2.05) is 18.5 Å². The third-order valence-electron chi connectivity index (χ3n) is 2.26. The Bertz CT molecular complexity index is 195. The second kappa shape index (κ2) is 4.24. The lowest BCUT2D eigenvalue weighted by molar-refractivity contribution is 0.475. The highest BCUT2D eigenvalue weighted by Crippen LogP contribution is 2.28. The molecule has 0 aromatic carbocycles. The summed E-state index contributed by atoms with van der Waals surface area (Å²) < 4.78 is 0. The van der Waals surface area contributed by atoms with Crippen molar-refractivity contribution in [2.45, 2.75) is 33.1 Å². The average Bonchev–Trinajstić information content (AvgIpc) is 2.27. The minimum atomic E-state index is 0.229. The number of nitrogens with zero attached hydrogens (tertiary/aromatic N) is 1. The van der Waals surface area contributed by atoms with E-state index in [-0.39, 0.29) is 5.41 Å². The fourth-order valence-electron chi connectivity index (χ4n) is 1.36. The molecular formula is C11H17N. The van der Waals surface area contributed by atoms with Crippen LogP contribution in [0.3, 0.4) is 0 Å². The molecule has 1 rings (SSSR count). The summed E-state index contributed by atoms with van der Waals surface area (Å²) in [6.07, 6.45) is 14.0. The summed E-state index contributed by atoms with van der Waals surface area (Å²) in [7, 11) is 0. The van der Waals surface area contributed by atoms with Crippen molar-refractivity contribution >= 4 is 6.21 Å². The summed E-state index contributed by atoms with van der Waals surface area (Å²) in [6, 6.07) is 0. The predicted octanol–water partition coefficient (Wildman–Crippen LogP) is 3.34. The Balaban J connectivity index is 2.57. The van der Waals surface area contributed by atoms with Crippen molar-refractivity contribution in [3.63, 3.8) is 0 Å². The van der Waals surface area contributed by atoms with Crippen molar-refractivity contribution in [2.24, 2.45) is 10.4 Å². The zero-order chi connectivity index (χ0) is 8.86. The van der Waals surface area contributed by atoms with E-state index >= 15 is 0 Å². The Morgan fingerprint density at radius 1 is 1.33 bits per heavy atom. The molecule has 66 valence electrons. The highest BCUT2D eigenvalue weighted by atomic mass is 14.7. The van der Waals surface area contributed by atoms with Gasteiger partial charge in [-0.3, -0.25) is 4.99 Å². The molecule has 0 saturated carbocycles. The van der Waals surface area contributed by atoms with Gasteiger partial charge >= 0.3 is 0 Å². The lowest BCUT2D eigenvalue weighted by Crippen LogP contribution is -2.08. The Labute approximate surface area is 74.9 Å². The lowest BCUT2D eigenvalue weighted by atomic mass is 9.85. The molecule has 1 nitrogen and oxygen atoms in total. The van der Waals surface area contributed by atoms with Gasteiger partial charge in [-0.05, 0) is 12.5 Å². The Kier molecular flexibility index (Phi) is 3.27. The van der Waals surface area contributed by atoms with Crippen LogP contribution >= 0.6 is 0 Å². The van der Waals surface area contributed by atoms with E-state index in [0.29, 0.717) is 0 Å². The highest BCUT2D eigenvalue weighted by molar-refractivity contribution is 5.72. The number of allylic oxidation sites excluding steroid dienone is 3. The standard InChI is InChI=1S/C11H17N/c1-3-4-6-11(2)7-5-9-12-10-8-11/h5,7-10H,3-4,6H2,1-2H3. The van der Waals surface area contributed by atoms with Gasteiger partial charge in [0.05, 0.1) is 0 Å². The maximum absolute atomic E-state index is 4.08. The van der Waals surface area contributed by atoms with E-state index in [1.165, 1.54) is 19.3 Å². The van der Waals surface area contributed by atoms with E-state index in [2.05, 4.69) is 31.0 Å². The summed E-state index contributed by atoms with van der Waals surface area (Å²) in [5.41, 5.74) is 0.229. The third kappa shape index (κ3) is 2.65. The topological polar surface area (TPSA) is 12.4 Å². The van der Waals surface area contributed by atoms with Crippen molar-refractivity contribution in [3.05, 3.63) is 24.4 Å². The fraction of sp³-hybridized carbons (Fsp3) is 0.545. The lowest BCUT2D eigenvalue weighted by Gasteiger charge is -2.20. The van der Waals surface area contributed by atoms with E-state index in [4.69, 9.17) is 0 Å². The molecule has 1 heteroatoms. The largest absolute Gasteiger partial charge is 0.265 e. The first-order chi connectivity index (χ1) is 5.77. The quantitative estimate of drug-likeness (QED) is 0.605. The van der Waals surface area contributed by atoms with E-state index in [0.717, 1.165) is 0 Å². The second-order valence-corrected chi connectivity index (χ2v) is 3.58. The van der Waals surface area contributed by atoms with Gasteiger partial charge in [-0.15, -0.1) is 0 Å². The molecule has 1 atom stereocenters. The Morgan fingerprint density at radius 2 is 2.17 bits per heavy atom. The smallest absolute Gasteiger partial charge is 0.0264 e. The van der Waals surface area contributed by atoms with Gasteiger partial charge in [-0.2, -0.15) is 0 Å². The zero-order valence-corrected chi connectivity index (χ0v) is 7.96. The number of hydrogen-bond acceptors (Lipinski definition) is 1. The molecule has 12 heavy (non-hydrogen) atoms. The molecule has 0 amide bonds. The molecule has 0 bridgehead atoms. The Hall–Kier alpha value is -0.850. The van der Waals surface area contributed by atoms with Crippen LogP contribution in [0.15, 0.2) is 29.4 Å². The minimum Gasteiger partial charge on any atom is -0.265 e. The van der Waals surface area contributed by atoms with Crippen LogP contribution in [0.25, 0.3) is 0 Å². The molecule has 0 aromatic rings. The van der Waals surface area contributed by atoms with Crippen molar-refractivity contribution in [1.82, 2.24) is 0 Å². The van der Waals surface area contributed by atoms with E-state index in [1.54, 1.807) is 0 Å². The minimum absolute atomic E-state index is 0.229.